The van der Waals surface area contributed by atoms with Gasteiger partial charge in [-0.3, -0.25) is 9.00 Å². The molecule has 1 amide bonds. The van der Waals surface area contributed by atoms with Crippen molar-refractivity contribution in [2.24, 2.45) is 17.8 Å². The van der Waals surface area contributed by atoms with Crippen LogP contribution in [0.25, 0.3) is 0 Å². The molecule has 0 saturated heterocycles. The van der Waals surface area contributed by atoms with Gasteiger partial charge in [0.1, 0.15) is 5.82 Å². The van der Waals surface area contributed by atoms with E-state index in [0.29, 0.717) is 11.6 Å². The van der Waals surface area contributed by atoms with Crippen molar-refractivity contribution in [1.82, 2.24) is 0 Å². The van der Waals surface area contributed by atoms with Gasteiger partial charge in [-0.25, -0.2) is 4.39 Å². The molecule has 102 valence electrons. The summed E-state index contributed by atoms with van der Waals surface area (Å²) >= 11 is 0. The Morgan fingerprint density at radius 2 is 2.16 bits per heavy atom. The predicted molar refractivity (Wildman–Crippen MR) is 71.7 cm³/mol. The molecule has 3 atom stereocenters. The number of hydrogen-bond acceptors (Lipinski definition) is 2. The number of rotatable bonds is 4. The van der Waals surface area contributed by atoms with Crippen LogP contribution in [0.3, 0.4) is 0 Å². The van der Waals surface area contributed by atoms with Gasteiger partial charge >= 0.3 is 0 Å². The van der Waals surface area contributed by atoms with E-state index in [1.807, 2.05) is 0 Å². The summed E-state index contributed by atoms with van der Waals surface area (Å²) < 4.78 is 24.9. The van der Waals surface area contributed by atoms with Crippen LogP contribution in [-0.4, -0.2) is 16.4 Å². The monoisotopic (exact) mass is 281 g/mol. The first-order valence-electron chi connectivity index (χ1n) is 6.50. The first-order chi connectivity index (χ1) is 9.06. The van der Waals surface area contributed by atoms with Crippen LogP contribution in [0.1, 0.15) is 19.3 Å². The van der Waals surface area contributed by atoms with Crippen LogP contribution in [0.5, 0.6) is 0 Å². The van der Waals surface area contributed by atoms with E-state index in [-0.39, 0.29) is 16.7 Å². The molecule has 0 heterocycles. The highest BCUT2D eigenvalue weighted by molar-refractivity contribution is 7.84. The quantitative estimate of drug-likeness (QED) is 0.922. The summed E-state index contributed by atoms with van der Waals surface area (Å²) in [5.41, 5.74) is 0.443. The lowest BCUT2D eigenvalue weighted by atomic mass is 10.2. The van der Waals surface area contributed by atoms with E-state index in [1.165, 1.54) is 31.2 Å². The van der Waals surface area contributed by atoms with Gasteiger partial charge in [-0.2, -0.15) is 0 Å². The average Bonchev–Trinajstić information content (AvgIpc) is 3.20. The number of nitrogens with one attached hydrogen (secondary N) is 1. The van der Waals surface area contributed by atoms with Gasteiger partial charge in [0, 0.05) is 17.9 Å². The van der Waals surface area contributed by atoms with Crippen molar-refractivity contribution < 1.29 is 13.4 Å². The lowest BCUT2D eigenvalue weighted by Gasteiger charge is -2.06. The Kier molecular flexibility index (Phi) is 3.17. The minimum absolute atomic E-state index is 0.0123. The molecular weight excluding hydrogens is 265 g/mol. The van der Waals surface area contributed by atoms with Crippen LogP contribution in [-0.2, 0) is 15.6 Å². The minimum Gasteiger partial charge on any atom is -0.326 e. The van der Waals surface area contributed by atoms with Gasteiger partial charge in [0.05, 0.1) is 15.7 Å². The lowest BCUT2D eigenvalue weighted by molar-refractivity contribution is -0.117. The van der Waals surface area contributed by atoms with Crippen molar-refractivity contribution in [2.45, 2.75) is 24.2 Å². The van der Waals surface area contributed by atoms with Crippen molar-refractivity contribution in [3.05, 3.63) is 24.0 Å². The normalized spacial score (nSPS) is 26.8. The molecule has 5 heteroatoms. The van der Waals surface area contributed by atoms with E-state index in [4.69, 9.17) is 0 Å². The molecule has 0 aliphatic heterocycles. The van der Waals surface area contributed by atoms with Gasteiger partial charge in [0.15, 0.2) is 0 Å². The fraction of sp³-hybridized carbons (Fsp3) is 0.500. The molecular formula is C14H16FNO2S. The number of anilines is 1. The molecule has 2 aliphatic rings. The summed E-state index contributed by atoms with van der Waals surface area (Å²) in [7, 11) is -1.35. The van der Waals surface area contributed by atoms with Crippen LogP contribution < -0.4 is 5.32 Å². The third-order valence-corrected chi connectivity index (χ3v) is 4.86. The van der Waals surface area contributed by atoms with Gasteiger partial charge in [0.25, 0.3) is 0 Å². The van der Waals surface area contributed by atoms with E-state index in [2.05, 4.69) is 5.32 Å². The fourth-order valence-electron chi connectivity index (χ4n) is 2.61. The maximum absolute atomic E-state index is 13.6. The second-order valence-electron chi connectivity index (χ2n) is 5.43. The minimum atomic E-state index is -1.35. The highest BCUT2D eigenvalue weighted by Crippen LogP contribution is 2.54. The number of hydrogen-bond donors (Lipinski definition) is 1. The summed E-state index contributed by atoms with van der Waals surface area (Å²) in [4.78, 5) is 12.1. The Morgan fingerprint density at radius 3 is 2.74 bits per heavy atom. The topological polar surface area (TPSA) is 46.2 Å². The van der Waals surface area contributed by atoms with E-state index >= 15 is 0 Å². The average molecular weight is 281 g/mol. The van der Waals surface area contributed by atoms with Gasteiger partial charge in [-0.05, 0) is 49.3 Å². The summed E-state index contributed by atoms with van der Waals surface area (Å²) in [5, 5.41) is 2.75. The number of halogens is 1. The molecule has 1 aromatic carbocycles. The number of benzene rings is 1. The zero-order valence-corrected chi connectivity index (χ0v) is 11.5. The summed E-state index contributed by atoms with van der Waals surface area (Å²) in [6, 6.07) is 4.31. The molecule has 0 unspecified atom stereocenters. The fourth-order valence-corrected chi connectivity index (χ4v) is 3.20. The first-order valence-corrected chi connectivity index (χ1v) is 8.06. The van der Waals surface area contributed by atoms with E-state index in [0.717, 1.165) is 12.3 Å². The highest BCUT2D eigenvalue weighted by atomic mass is 32.2. The third kappa shape index (κ3) is 2.71. The molecule has 3 nitrogen and oxygen atoms in total. The molecule has 0 spiro atoms. The second-order valence-corrected chi connectivity index (χ2v) is 6.78. The molecule has 0 bridgehead atoms. The first kappa shape index (κ1) is 12.8. The Morgan fingerprint density at radius 1 is 1.42 bits per heavy atom. The van der Waals surface area contributed by atoms with E-state index in [1.54, 1.807) is 6.07 Å². The Balaban J connectivity index is 1.65. The maximum Gasteiger partial charge on any atom is 0.227 e. The molecule has 1 aromatic rings. The SMILES string of the molecule is C[S@@](=O)c1ccc(NC(=O)[C@@H]2C[C@@H]2C2CC2)cc1F. The lowest BCUT2D eigenvalue weighted by Crippen LogP contribution is -2.15. The highest BCUT2D eigenvalue weighted by Gasteiger charge is 2.51. The van der Waals surface area contributed by atoms with Gasteiger partial charge in [-0.15, -0.1) is 0 Å². The van der Waals surface area contributed by atoms with Crippen molar-refractivity contribution in [1.29, 1.82) is 0 Å². The molecule has 3 rings (SSSR count). The van der Waals surface area contributed by atoms with Gasteiger partial charge in [0.2, 0.25) is 5.91 Å². The van der Waals surface area contributed by atoms with Crippen LogP contribution in [0.15, 0.2) is 23.1 Å². The molecule has 19 heavy (non-hydrogen) atoms. The van der Waals surface area contributed by atoms with E-state index in [9.17, 15) is 13.4 Å². The number of amides is 1. The maximum atomic E-state index is 13.6. The molecule has 0 radical (unpaired) electrons. The molecule has 2 saturated carbocycles. The number of carbonyl (C=O) groups excluding carboxylic acids is 1. The molecule has 0 aromatic heterocycles. The van der Waals surface area contributed by atoms with Crippen LogP contribution in [0, 0.1) is 23.6 Å². The van der Waals surface area contributed by atoms with Crippen LogP contribution in [0.2, 0.25) is 0 Å². The molecule has 2 fully saturated rings. The smallest absolute Gasteiger partial charge is 0.227 e. The third-order valence-electron chi connectivity index (χ3n) is 3.91. The number of carbonyl (C=O) groups is 1. The van der Waals surface area contributed by atoms with Crippen molar-refractivity contribution in [3.63, 3.8) is 0 Å². The van der Waals surface area contributed by atoms with Gasteiger partial charge < -0.3 is 5.32 Å². The summed E-state index contributed by atoms with van der Waals surface area (Å²) in [5.74, 6) is 0.857. The van der Waals surface area contributed by atoms with Gasteiger partial charge in [-0.1, -0.05) is 0 Å². The second kappa shape index (κ2) is 4.71. The van der Waals surface area contributed by atoms with Crippen LogP contribution in [0.4, 0.5) is 10.1 Å². The van der Waals surface area contributed by atoms with Crippen molar-refractivity contribution in [3.8, 4) is 0 Å². The largest absolute Gasteiger partial charge is 0.326 e. The van der Waals surface area contributed by atoms with E-state index < -0.39 is 16.6 Å². The summed E-state index contributed by atoms with van der Waals surface area (Å²) in [6.45, 7) is 0. The Bertz CT molecular complexity index is 556. The molecule has 1 N–H and O–H groups in total. The Hall–Kier alpha value is -1.23. The zero-order valence-electron chi connectivity index (χ0n) is 10.7. The molecule has 2 aliphatic carbocycles. The van der Waals surface area contributed by atoms with Crippen molar-refractivity contribution in [2.75, 3.05) is 11.6 Å². The predicted octanol–water partition coefficient (Wildman–Crippen LogP) is 2.55. The van der Waals surface area contributed by atoms with Crippen LogP contribution >= 0.6 is 0 Å². The van der Waals surface area contributed by atoms with Crippen molar-refractivity contribution >= 4 is 22.4 Å². The zero-order chi connectivity index (χ0) is 13.6. The summed E-state index contributed by atoms with van der Waals surface area (Å²) in [6.07, 6.45) is 4.90. The Labute approximate surface area is 114 Å². The standard InChI is InChI=1S/C14H16FNO2S/c1-19(18)13-5-4-9(6-12(13)15)16-14(17)11-7-10(11)8-2-3-8/h4-6,8,10-11H,2-3,7H2,1H3,(H,16,17)/t10-,11-,19-/m1/s1.